The highest BCUT2D eigenvalue weighted by Crippen LogP contribution is 2.67. The van der Waals surface area contributed by atoms with Crippen LogP contribution >= 0.6 is 0 Å². The summed E-state index contributed by atoms with van der Waals surface area (Å²) >= 11 is 0. The van der Waals surface area contributed by atoms with E-state index in [1.54, 1.807) is 13.0 Å². The van der Waals surface area contributed by atoms with Gasteiger partial charge in [0.15, 0.2) is 12.4 Å². The normalized spacial score (nSPS) is 47.1. The Bertz CT molecular complexity index is 864. The molecule has 0 saturated heterocycles. The van der Waals surface area contributed by atoms with E-state index in [0.717, 1.165) is 0 Å². The van der Waals surface area contributed by atoms with Gasteiger partial charge in [-0.15, -0.1) is 0 Å². The first-order chi connectivity index (χ1) is 13.9. The van der Waals surface area contributed by atoms with Gasteiger partial charge >= 0.3 is 5.97 Å². The van der Waals surface area contributed by atoms with Crippen LogP contribution in [0.4, 0.5) is 4.39 Å². The minimum atomic E-state index is -1.74. The highest BCUT2D eigenvalue weighted by atomic mass is 19.1. The molecule has 0 aliphatic heterocycles. The quantitative estimate of drug-likeness (QED) is 0.678. The molecule has 4 rings (SSSR count). The van der Waals surface area contributed by atoms with E-state index in [4.69, 9.17) is 4.74 Å². The second kappa shape index (κ2) is 6.82. The van der Waals surface area contributed by atoms with Crippen LogP contribution in [0.5, 0.6) is 0 Å². The van der Waals surface area contributed by atoms with Crippen LogP contribution in [0, 0.1) is 28.6 Å². The van der Waals surface area contributed by atoms with Crippen LogP contribution in [-0.2, 0) is 19.1 Å². The summed E-state index contributed by atoms with van der Waals surface area (Å²) in [6, 6.07) is 0. The third-order valence-corrected chi connectivity index (χ3v) is 8.50. The molecule has 0 amide bonds. The summed E-state index contributed by atoms with van der Waals surface area (Å²) in [6.07, 6.45) is 3.37. The number of ketones is 2. The van der Waals surface area contributed by atoms with Crippen molar-refractivity contribution in [2.75, 3.05) is 6.61 Å². The standard InChI is InChI=1S/C23H29FO6/c1-12(25)30-11-19(28)23(29)7-5-15-14-9-17(24)16-8-13(26)4-6-21(16,2)20(14)18(27)10-22(15,23)3/h4,6,8,14-15,17-18,20,27,29H,5,7,9-11H2,1-3H3/t14-,15-,17-,18-,20?,21-,22-,23-/m0/s1. The van der Waals surface area contributed by atoms with Gasteiger partial charge in [-0.2, -0.15) is 0 Å². The van der Waals surface area contributed by atoms with Gasteiger partial charge in [0.1, 0.15) is 11.8 Å². The van der Waals surface area contributed by atoms with Crippen molar-refractivity contribution < 1.29 is 33.7 Å². The zero-order chi connectivity index (χ0) is 22.1. The van der Waals surface area contributed by atoms with E-state index in [1.807, 2.05) is 6.92 Å². The SMILES string of the molecule is CC(=O)OCC(=O)[C@@]1(O)CC[C@H]2[C@@H]3C[C@H](F)C4=CC(=O)C=C[C@]4(C)C3[C@@H](O)C[C@@]21C. The summed E-state index contributed by atoms with van der Waals surface area (Å²) in [5.41, 5.74) is -3.05. The lowest BCUT2D eigenvalue weighted by Gasteiger charge is -2.60. The fraction of sp³-hybridized carbons (Fsp3) is 0.696. The van der Waals surface area contributed by atoms with Gasteiger partial charge in [-0.05, 0) is 55.2 Å². The van der Waals surface area contributed by atoms with Crippen LogP contribution in [0.3, 0.4) is 0 Å². The lowest BCUT2D eigenvalue weighted by Crippen LogP contribution is -2.62. The molecule has 0 aromatic carbocycles. The average Bonchev–Trinajstić information content (AvgIpc) is 2.93. The molecule has 0 aromatic heterocycles. The number of Topliss-reactive ketones (excluding diaryl/α,β-unsaturated/α-hetero) is 1. The van der Waals surface area contributed by atoms with Gasteiger partial charge in [0, 0.05) is 23.7 Å². The molecule has 0 aromatic rings. The summed E-state index contributed by atoms with van der Waals surface area (Å²) in [7, 11) is 0. The number of rotatable bonds is 3. The smallest absolute Gasteiger partial charge is 0.303 e. The highest BCUT2D eigenvalue weighted by molar-refractivity contribution is 6.01. The lowest BCUT2D eigenvalue weighted by molar-refractivity contribution is -0.183. The molecule has 8 atom stereocenters. The largest absolute Gasteiger partial charge is 0.458 e. The summed E-state index contributed by atoms with van der Waals surface area (Å²) in [5, 5.41) is 22.6. The number of allylic oxidation sites excluding steroid dienone is 4. The van der Waals surface area contributed by atoms with Crippen LogP contribution in [0.2, 0.25) is 0 Å². The average molecular weight is 420 g/mol. The molecule has 6 nitrogen and oxygen atoms in total. The third kappa shape index (κ3) is 2.78. The van der Waals surface area contributed by atoms with Crippen molar-refractivity contribution in [3.63, 3.8) is 0 Å². The summed E-state index contributed by atoms with van der Waals surface area (Å²) < 4.78 is 20.1. The molecule has 1 unspecified atom stereocenters. The Labute approximate surface area is 175 Å². The van der Waals surface area contributed by atoms with Crippen LogP contribution in [-0.4, -0.2) is 52.2 Å². The van der Waals surface area contributed by atoms with E-state index >= 15 is 4.39 Å². The van der Waals surface area contributed by atoms with E-state index in [9.17, 15) is 24.6 Å². The first kappa shape index (κ1) is 21.4. The van der Waals surface area contributed by atoms with Crippen LogP contribution in [0.1, 0.15) is 46.5 Å². The fourth-order valence-corrected chi connectivity index (χ4v) is 7.08. The zero-order valence-corrected chi connectivity index (χ0v) is 17.6. The van der Waals surface area contributed by atoms with Gasteiger partial charge in [0.25, 0.3) is 0 Å². The van der Waals surface area contributed by atoms with Gasteiger partial charge < -0.3 is 14.9 Å². The van der Waals surface area contributed by atoms with Crippen molar-refractivity contribution in [2.24, 2.45) is 28.6 Å². The third-order valence-electron chi connectivity index (χ3n) is 8.50. The maximum Gasteiger partial charge on any atom is 0.303 e. The second-order valence-electron chi connectivity index (χ2n) is 9.91. The molecule has 0 spiro atoms. The topological polar surface area (TPSA) is 101 Å². The van der Waals surface area contributed by atoms with E-state index in [-0.39, 0.29) is 42.8 Å². The number of fused-ring (bicyclic) bond motifs is 5. The predicted molar refractivity (Wildman–Crippen MR) is 105 cm³/mol. The van der Waals surface area contributed by atoms with E-state index in [2.05, 4.69) is 0 Å². The summed E-state index contributed by atoms with van der Waals surface area (Å²) in [6.45, 7) is 4.34. The number of hydrogen-bond acceptors (Lipinski definition) is 6. The van der Waals surface area contributed by atoms with Crippen molar-refractivity contribution in [3.05, 3.63) is 23.8 Å². The number of ether oxygens (including phenoxy) is 1. The second-order valence-corrected chi connectivity index (χ2v) is 9.91. The van der Waals surface area contributed by atoms with E-state index in [1.165, 1.54) is 19.1 Å². The maximum atomic E-state index is 15.3. The minimum absolute atomic E-state index is 0.152. The molecular formula is C23H29FO6. The number of halogens is 1. The van der Waals surface area contributed by atoms with Crippen LogP contribution in [0.25, 0.3) is 0 Å². The number of aliphatic hydroxyl groups excluding tert-OH is 1. The monoisotopic (exact) mass is 420 g/mol. The van der Waals surface area contributed by atoms with Crippen molar-refractivity contribution in [1.82, 2.24) is 0 Å². The lowest BCUT2D eigenvalue weighted by atomic mass is 9.46. The van der Waals surface area contributed by atoms with Crippen LogP contribution in [0.15, 0.2) is 23.8 Å². The minimum Gasteiger partial charge on any atom is -0.458 e. The molecule has 0 heterocycles. The molecule has 0 radical (unpaired) electrons. The molecule has 7 heteroatoms. The molecule has 3 saturated carbocycles. The number of alkyl halides is 1. The Morgan fingerprint density at radius 3 is 2.70 bits per heavy atom. The molecule has 30 heavy (non-hydrogen) atoms. The van der Waals surface area contributed by atoms with E-state index < -0.39 is 47.1 Å². The Kier molecular flexibility index (Phi) is 4.86. The molecule has 4 aliphatic carbocycles. The molecule has 4 aliphatic rings. The van der Waals surface area contributed by atoms with Gasteiger partial charge in [-0.1, -0.05) is 19.9 Å². The van der Waals surface area contributed by atoms with Gasteiger partial charge in [-0.3, -0.25) is 14.4 Å². The Balaban J connectivity index is 1.70. The predicted octanol–water partition coefficient (Wildman–Crippen LogP) is 2.08. The zero-order valence-electron chi connectivity index (χ0n) is 17.6. The Hall–Kier alpha value is -1.86. The number of carbonyl (C=O) groups is 3. The number of carbonyl (C=O) groups excluding carboxylic acids is 3. The molecule has 164 valence electrons. The fourth-order valence-electron chi connectivity index (χ4n) is 7.08. The summed E-state index contributed by atoms with van der Waals surface area (Å²) in [4.78, 5) is 35.8. The first-order valence-corrected chi connectivity index (χ1v) is 10.6. The van der Waals surface area contributed by atoms with Crippen molar-refractivity contribution in [1.29, 1.82) is 0 Å². The summed E-state index contributed by atoms with van der Waals surface area (Å²) in [5.74, 6) is -2.14. The highest BCUT2D eigenvalue weighted by Gasteiger charge is 2.69. The van der Waals surface area contributed by atoms with Crippen molar-refractivity contribution >= 4 is 17.5 Å². The van der Waals surface area contributed by atoms with Gasteiger partial charge in [0.2, 0.25) is 5.78 Å². The number of aliphatic hydroxyl groups is 2. The van der Waals surface area contributed by atoms with Crippen LogP contribution < -0.4 is 0 Å². The Morgan fingerprint density at radius 1 is 1.33 bits per heavy atom. The maximum absolute atomic E-state index is 15.3. The van der Waals surface area contributed by atoms with Crippen molar-refractivity contribution in [3.8, 4) is 0 Å². The molecular weight excluding hydrogens is 391 g/mol. The molecule has 0 bridgehead atoms. The molecule has 3 fully saturated rings. The van der Waals surface area contributed by atoms with Gasteiger partial charge in [-0.25, -0.2) is 4.39 Å². The number of hydrogen-bond donors (Lipinski definition) is 2. The first-order valence-electron chi connectivity index (χ1n) is 10.6. The Morgan fingerprint density at radius 2 is 2.03 bits per heavy atom. The van der Waals surface area contributed by atoms with Gasteiger partial charge in [0.05, 0.1) is 6.10 Å². The van der Waals surface area contributed by atoms with E-state index in [0.29, 0.717) is 12.0 Å². The number of esters is 1. The molecule has 2 N–H and O–H groups in total. The van der Waals surface area contributed by atoms with Crippen molar-refractivity contribution in [2.45, 2.75) is 64.3 Å².